The van der Waals surface area contributed by atoms with Crippen LogP contribution >= 0.6 is 12.4 Å². The van der Waals surface area contributed by atoms with Crippen LogP contribution in [0.3, 0.4) is 0 Å². The number of carbonyl (C=O) groups is 1. The Bertz CT molecular complexity index is 408. The highest BCUT2D eigenvalue weighted by Crippen LogP contribution is 2.16. The minimum Gasteiger partial charge on any atom is -0.491 e. The second-order valence-corrected chi connectivity index (χ2v) is 4.80. The smallest absolute Gasteiger partial charge is 0.239 e. The monoisotopic (exact) mass is 286 g/mol. The highest BCUT2D eigenvalue weighted by Gasteiger charge is 2.13. The Kier molecular flexibility index (Phi) is 7.49. The van der Waals surface area contributed by atoms with Crippen molar-refractivity contribution < 1.29 is 9.53 Å². The van der Waals surface area contributed by atoms with Gasteiger partial charge in [0.05, 0.1) is 12.1 Å². The summed E-state index contributed by atoms with van der Waals surface area (Å²) in [6.45, 7) is 6.20. The zero-order chi connectivity index (χ0) is 13.7. The van der Waals surface area contributed by atoms with E-state index in [1.165, 1.54) is 0 Å². The van der Waals surface area contributed by atoms with Crippen LogP contribution in [-0.2, 0) is 11.3 Å². The number of carbonyl (C=O) groups excluding carboxylic acids is 1. The van der Waals surface area contributed by atoms with E-state index in [0.717, 1.165) is 11.3 Å². The Labute approximate surface area is 121 Å². The lowest BCUT2D eigenvalue weighted by Gasteiger charge is -2.20. The van der Waals surface area contributed by atoms with Crippen LogP contribution in [-0.4, -0.2) is 30.0 Å². The minimum atomic E-state index is -0.468. The van der Waals surface area contributed by atoms with Gasteiger partial charge in [0.15, 0.2) is 0 Å². The fourth-order valence-corrected chi connectivity index (χ4v) is 1.69. The number of amides is 1. The number of ether oxygens (including phenoxy) is 1. The van der Waals surface area contributed by atoms with E-state index in [1.54, 1.807) is 18.9 Å². The van der Waals surface area contributed by atoms with Gasteiger partial charge < -0.3 is 15.4 Å². The summed E-state index contributed by atoms with van der Waals surface area (Å²) in [6.07, 6.45) is 0.142. The zero-order valence-electron chi connectivity index (χ0n) is 11.9. The fourth-order valence-electron chi connectivity index (χ4n) is 1.69. The Morgan fingerprint density at radius 2 is 2.00 bits per heavy atom. The summed E-state index contributed by atoms with van der Waals surface area (Å²) in [4.78, 5) is 13.3. The predicted molar refractivity (Wildman–Crippen MR) is 79.6 cm³/mol. The molecule has 0 bridgehead atoms. The van der Waals surface area contributed by atoms with Crippen molar-refractivity contribution in [3.05, 3.63) is 29.8 Å². The Balaban J connectivity index is 0.00000324. The first kappa shape index (κ1) is 17.7. The van der Waals surface area contributed by atoms with Gasteiger partial charge in [-0.05, 0) is 38.5 Å². The van der Waals surface area contributed by atoms with Crippen molar-refractivity contribution in [1.82, 2.24) is 4.90 Å². The second-order valence-electron chi connectivity index (χ2n) is 4.80. The van der Waals surface area contributed by atoms with Gasteiger partial charge in [0.1, 0.15) is 5.75 Å². The summed E-state index contributed by atoms with van der Waals surface area (Å²) in [5.74, 6) is 0.759. The lowest BCUT2D eigenvalue weighted by atomic mass is 10.2. The number of hydrogen-bond acceptors (Lipinski definition) is 3. The van der Waals surface area contributed by atoms with Crippen LogP contribution in [0.25, 0.3) is 0 Å². The molecule has 0 saturated carbocycles. The molecule has 4 nitrogen and oxygen atoms in total. The lowest BCUT2D eigenvalue weighted by molar-refractivity contribution is -0.131. The molecule has 1 rings (SSSR count). The molecule has 0 aliphatic heterocycles. The van der Waals surface area contributed by atoms with Gasteiger partial charge in [-0.3, -0.25) is 4.79 Å². The summed E-state index contributed by atoms with van der Waals surface area (Å²) < 4.78 is 5.62. The van der Waals surface area contributed by atoms with Crippen molar-refractivity contribution in [2.75, 3.05) is 7.05 Å². The molecule has 2 N–H and O–H groups in total. The highest BCUT2D eigenvalue weighted by atomic mass is 35.5. The van der Waals surface area contributed by atoms with E-state index in [0.29, 0.717) is 6.54 Å². The first-order valence-electron chi connectivity index (χ1n) is 6.16. The van der Waals surface area contributed by atoms with E-state index in [1.807, 2.05) is 38.1 Å². The molecule has 5 heteroatoms. The molecule has 1 aromatic rings. The molecule has 0 radical (unpaired) electrons. The first-order chi connectivity index (χ1) is 8.40. The first-order valence-corrected chi connectivity index (χ1v) is 6.16. The summed E-state index contributed by atoms with van der Waals surface area (Å²) in [7, 11) is 1.75. The maximum Gasteiger partial charge on any atom is 0.239 e. The number of likely N-dealkylation sites (N-methyl/N-ethyl adjacent to an activating group) is 1. The summed E-state index contributed by atoms with van der Waals surface area (Å²) in [6, 6.07) is 7.29. The molecule has 1 aromatic carbocycles. The van der Waals surface area contributed by atoms with Gasteiger partial charge >= 0.3 is 0 Å². The molecule has 1 atom stereocenters. The summed E-state index contributed by atoms with van der Waals surface area (Å²) in [5.41, 5.74) is 6.60. The third kappa shape index (κ3) is 5.94. The highest BCUT2D eigenvalue weighted by molar-refractivity contribution is 5.85. The number of nitrogens with zero attached hydrogens (tertiary/aromatic N) is 1. The van der Waals surface area contributed by atoms with Gasteiger partial charge in [0, 0.05) is 13.6 Å². The Hall–Kier alpha value is -1.26. The van der Waals surface area contributed by atoms with E-state index in [4.69, 9.17) is 10.5 Å². The SMILES string of the molecule is CC(C)Oc1cccc(CN(C)C(=O)[C@@H](C)N)c1.Cl. The van der Waals surface area contributed by atoms with Gasteiger partial charge in [-0.25, -0.2) is 0 Å². The molecule has 0 aliphatic rings. The molecular weight excluding hydrogens is 264 g/mol. The van der Waals surface area contributed by atoms with Crippen LogP contribution in [0.2, 0.25) is 0 Å². The van der Waals surface area contributed by atoms with Crippen molar-refractivity contribution in [3.63, 3.8) is 0 Å². The number of hydrogen-bond donors (Lipinski definition) is 1. The van der Waals surface area contributed by atoms with Crippen molar-refractivity contribution >= 4 is 18.3 Å². The maximum atomic E-state index is 11.7. The van der Waals surface area contributed by atoms with Crippen LogP contribution in [0.5, 0.6) is 5.75 Å². The summed E-state index contributed by atoms with van der Waals surface area (Å²) in [5, 5.41) is 0. The van der Waals surface area contributed by atoms with Crippen molar-refractivity contribution in [2.45, 2.75) is 39.5 Å². The molecular formula is C14H23ClN2O2. The Morgan fingerprint density at radius 1 is 1.37 bits per heavy atom. The number of halogens is 1. The molecule has 0 heterocycles. The quantitative estimate of drug-likeness (QED) is 0.903. The molecule has 0 fully saturated rings. The maximum absolute atomic E-state index is 11.7. The molecule has 0 spiro atoms. The minimum absolute atomic E-state index is 0. The van der Waals surface area contributed by atoms with Crippen molar-refractivity contribution in [3.8, 4) is 5.75 Å². The number of benzene rings is 1. The standard InChI is InChI=1S/C14H22N2O2.ClH/c1-10(2)18-13-7-5-6-12(8-13)9-16(4)14(17)11(3)15;/h5-8,10-11H,9,15H2,1-4H3;1H/t11-;/m1./s1. The van der Waals surface area contributed by atoms with Crippen LogP contribution in [0.15, 0.2) is 24.3 Å². The molecule has 0 aromatic heterocycles. The third-order valence-electron chi connectivity index (χ3n) is 2.46. The number of rotatable bonds is 5. The van der Waals surface area contributed by atoms with Gasteiger partial charge in [-0.2, -0.15) is 0 Å². The van der Waals surface area contributed by atoms with Gasteiger partial charge in [0.2, 0.25) is 5.91 Å². The predicted octanol–water partition coefficient (Wildman–Crippen LogP) is 2.20. The fraction of sp³-hybridized carbons (Fsp3) is 0.500. The van der Waals surface area contributed by atoms with Crippen LogP contribution in [0.4, 0.5) is 0 Å². The second kappa shape index (κ2) is 8.02. The van der Waals surface area contributed by atoms with Crippen LogP contribution in [0.1, 0.15) is 26.3 Å². The van der Waals surface area contributed by atoms with Gasteiger partial charge in [0.25, 0.3) is 0 Å². The largest absolute Gasteiger partial charge is 0.491 e. The van der Waals surface area contributed by atoms with Gasteiger partial charge in [-0.15, -0.1) is 12.4 Å². The molecule has 108 valence electrons. The van der Waals surface area contributed by atoms with E-state index >= 15 is 0 Å². The number of nitrogens with two attached hydrogens (primary N) is 1. The van der Waals surface area contributed by atoms with Crippen molar-refractivity contribution in [2.24, 2.45) is 5.73 Å². The molecule has 19 heavy (non-hydrogen) atoms. The van der Waals surface area contributed by atoms with E-state index in [-0.39, 0.29) is 24.4 Å². The van der Waals surface area contributed by atoms with Crippen LogP contribution in [0, 0.1) is 0 Å². The normalized spacial score (nSPS) is 11.7. The van der Waals surface area contributed by atoms with E-state index in [2.05, 4.69) is 0 Å². The molecule has 0 aliphatic carbocycles. The molecule has 1 amide bonds. The third-order valence-corrected chi connectivity index (χ3v) is 2.46. The zero-order valence-corrected chi connectivity index (χ0v) is 12.7. The molecule has 0 unspecified atom stereocenters. The average Bonchev–Trinajstić information content (AvgIpc) is 2.27. The topological polar surface area (TPSA) is 55.6 Å². The summed E-state index contributed by atoms with van der Waals surface area (Å²) >= 11 is 0. The van der Waals surface area contributed by atoms with E-state index in [9.17, 15) is 4.79 Å². The van der Waals surface area contributed by atoms with Crippen LogP contribution < -0.4 is 10.5 Å². The average molecular weight is 287 g/mol. The van der Waals surface area contributed by atoms with Gasteiger partial charge in [-0.1, -0.05) is 12.1 Å². The van der Waals surface area contributed by atoms with E-state index < -0.39 is 6.04 Å². The molecule has 0 saturated heterocycles. The lowest BCUT2D eigenvalue weighted by Crippen LogP contribution is -2.39. The Morgan fingerprint density at radius 3 is 2.53 bits per heavy atom. The van der Waals surface area contributed by atoms with Crippen molar-refractivity contribution in [1.29, 1.82) is 0 Å².